The first-order valence-electron chi connectivity index (χ1n) is 13.8. The monoisotopic (exact) mass is 442 g/mol. The molecule has 0 amide bonds. The van der Waals surface area contributed by atoms with Gasteiger partial charge in [0.15, 0.2) is 5.78 Å². The molecule has 6 atom stereocenters. The van der Waals surface area contributed by atoms with Crippen LogP contribution in [0.4, 0.5) is 0 Å². The highest BCUT2D eigenvalue weighted by molar-refractivity contribution is 5.91. The smallest absolute Gasteiger partial charge is 0.306 e. The third-order valence-electron chi connectivity index (χ3n) is 10.1. The zero-order chi connectivity index (χ0) is 22.8. The van der Waals surface area contributed by atoms with Crippen molar-refractivity contribution in [3.05, 3.63) is 11.6 Å². The number of ether oxygens (including phenoxy) is 1. The van der Waals surface area contributed by atoms with Crippen LogP contribution in [0.2, 0.25) is 0 Å². The SMILES string of the molecule is CCCCCCCCCC(=O)O[C@H]1CC[C@@H]2[C@@H]3CCC4=CC(=O)CC[C@]4(C)[C@@H]3CC[C@]12C. The molecule has 0 radical (unpaired) electrons. The van der Waals surface area contributed by atoms with Crippen LogP contribution in [-0.4, -0.2) is 17.9 Å². The van der Waals surface area contributed by atoms with E-state index in [2.05, 4.69) is 20.8 Å². The van der Waals surface area contributed by atoms with Crippen molar-refractivity contribution in [3.63, 3.8) is 0 Å². The van der Waals surface area contributed by atoms with E-state index in [1.54, 1.807) is 0 Å². The molecule has 0 saturated heterocycles. The summed E-state index contributed by atoms with van der Waals surface area (Å²) in [6.45, 7) is 7.11. The van der Waals surface area contributed by atoms with Gasteiger partial charge in [-0.3, -0.25) is 9.59 Å². The summed E-state index contributed by atoms with van der Waals surface area (Å²) >= 11 is 0. The van der Waals surface area contributed by atoms with E-state index >= 15 is 0 Å². The van der Waals surface area contributed by atoms with Gasteiger partial charge in [-0.1, -0.05) is 64.9 Å². The Morgan fingerprint density at radius 3 is 2.47 bits per heavy atom. The van der Waals surface area contributed by atoms with Crippen LogP contribution in [0.25, 0.3) is 0 Å². The average molecular weight is 443 g/mol. The summed E-state index contributed by atoms with van der Waals surface area (Å²) in [5, 5.41) is 0. The molecule has 180 valence electrons. The van der Waals surface area contributed by atoms with E-state index in [0.29, 0.717) is 24.0 Å². The predicted octanol–water partition coefficient (Wildman–Crippen LogP) is 7.57. The standard InChI is InChI=1S/C29H46O3/c1-4-5-6-7-8-9-10-11-27(31)32-26-15-14-24-23-13-12-21-20-22(30)16-18-28(21,2)25(23)17-19-29(24,26)3/h20,23-26H,4-19H2,1-3H3/t23-,24+,25+,26-,28-,29-/m0/s1. The van der Waals surface area contributed by atoms with E-state index in [1.807, 2.05) is 6.08 Å². The normalized spacial score (nSPS) is 38.5. The molecule has 0 unspecified atom stereocenters. The van der Waals surface area contributed by atoms with Crippen LogP contribution in [0.3, 0.4) is 0 Å². The van der Waals surface area contributed by atoms with Gasteiger partial charge in [-0.2, -0.15) is 0 Å². The number of rotatable bonds is 9. The zero-order valence-corrected chi connectivity index (χ0v) is 20.9. The largest absolute Gasteiger partial charge is 0.462 e. The number of carbonyl (C=O) groups is 2. The molecule has 4 aliphatic rings. The molecule has 0 N–H and O–H groups in total. The molecule has 3 heteroatoms. The van der Waals surface area contributed by atoms with E-state index in [-0.39, 0.29) is 22.9 Å². The van der Waals surface area contributed by atoms with Crippen LogP contribution in [-0.2, 0) is 14.3 Å². The molecule has 0 bridgehead atoms. The fourth-order valence-corrected chi connectivity index (χ4v) is 8.15. The van der Waals surface area contributed by atoms with Gasteiger partial charge >= 0.3 is 5.97 Å². The van der Waals surface area contributed by atoms with E-state index in [9.17, 15) is 9.59 Å². The van der Waals surface area contributed by atoms with E-state index in [4.69, 9.17) is 4.74 Å². The number of allylic oxidation sites excluding steroid dienone is 1. The quantitative estimate of drug-likeness (QED) is 0.273. The van der Waals surface area contributed by atoms with Gasteiger partial charge in [0, 0.05) is 18.3 Å². The van der Waals surface area contributed by atoms with Gasteiger partial charge in [-0.05, 0) is 80.6 Å². The first kappa shape index (κ1) is 24.0. The molecule has 0 spiro atoms. The summed E-state index contributed by atoms with van der Waals surface area (Å²) in [7, 11) is 0. The van der Waals surface area contributed by atoms with Crippen LogP contribution >= 0.6 is 0 Å². The molecule has 0 aliphatic heterocycles. The molecule has 3 nitrogen and oxygen atoms in total. The minimum absolute atomic E-state index is 0.0409. The van der Waals surface area contributed by atoms with E-state index in [0.717, 1.165) is 44.4 Å². The fraction of sp³-hybridized carbons (Fsp3) is 0.862. The summed E-state index contributed by atoms with van der Waals surface area (Å²) < 4.78 is 6.16. The van der Waals surface area contributed by atoms with Crippen LogP contribution in [0, 0.1) is 28.6 Å². The number of ketones is 1. The van der Waals surface area contributed by atoms with Gasteiger partial charge < -0.3 is 4.74 Å². The average Bonchev–Trinajstić information content (AvgIpc) is 3.10. The Balaban J connectivity index is 1.31. The molecule has 4 aliphatic carbocycles. The van der Waals surface area contributed by atoms with Gasteiger partial charge in [0.25, 0.3) is 0 Å². The topological polar surface area (TPSA) is 43.4 Å². The van der Waals surface area contributed by atoms with Gasteiger partial charge in [-0.15, -0.1) is 0 Å². The van der Waals surface area contributed by atoms with Crippen molar-refractivity contribution in [3.8, 4) is 0 Å². The fourth-order valence-electron chi connectivity index (χ4n) is 8.15. The predicted molar refractivity (Wildman–Crippen MR) is 129 cm³/mol. The molecular formula is C29H46O3. The highest BCUT2D eigenvalue weighted by Gasteiger charge is 2.59. The second-order valence-electron chi connectivity index (χ2n) is 11.9. The Labute approximate surface area is 196 Å². The van der Waals surface area contributed by atoms with Crippen molar-refractivity contribution in [2.45, 2.75) is 130 Å². The molecular weight excluding hydrogens is 396 g/mol. The molecule has 3 fully saturated rings. The Kier molecular flexibility index (Phi) is 7.52. The Hall–Kier alpha value is -1.12. The number of carbonyl (C=O) groups excluding carboxylic acids is 2. The minimum Gasteiger partial charge on any atom is -0.462 e. The number of hydrogen-bond acceptors (Lipinski definition) is 3. The summed E-state index contributed by atoms with van der Waals surface area (Å²) in [5.74, 6) is 2.49. The molecule has 0 aromatic rings. The molecule has 0 aromatic carbocycles. The maximum atomic E-state index is 12.6. The number of unbranched alkanes of at least 4 members (excludes halogenated alkanes) is 6. The first-order chi connectivity index (χ1) is 15.4. The maximum Gasteiger partial charge on any atom is 0.306 e. The van der Waals surface area contributed by atoms with Crippen LogP contribution in [0.1, 0.15) is 124 Å². The molecule has 0 aromatic heterocycles. The Morgan fingerprint density at radius 1 is 0.938 bits per heavy atom. The molecule has 3 saturated carbocycles. The van der Waals surface area contributed by atoms with Crippen LogP contribution in [0.15, 0.2) is 11.6 Å². The Morgan fingerprint density at radius 2 is 1.69 bits per heavy atom. The third kappa shape index (κ3) is 4.60. The Bertz CT molecular complexity index is 724. The molecule has 32 heavy (non-hydrogen) atoms. The summed E-state index contributed by atoms with van der Waals surface area (Å²) in [5.41, 5.74) is 1.82. The minimum atomic E-state index is 0.0409. The lowest BCUT2D eigenvalue weighted by atomic mass is 9.47. The van der Waals surface area contributed by atoms with Gasteiger partial charge in [0.1, 0.15) is 6.10 Å². The summed E-state index contributed by atoms with van der Waals surface area (Å²) in [6.07, 6.45) is 20.1. The van der Waals surface area contributed by atoms with Gasteiger partial charge in [0.05, 0.1) is 0 Å². The van der Waals surface area contributed by atoms with Crippen molar-refractivity contribution in [2.24, 2.45) is 28.6 Å². The second kappa shape index (κ2) is 10.0. The number of fused-ring (bicyclic) bond motifs is 5. The van der Waals surface area contributed by atoms with Crippen molar-refractivity contribution in [1.82, 2.24) is 0 Å². The van der Waals surface area contributed by atoms with Crippen LogP contribution in [0.5, 0.6) is 0 Å². The molecule has 0 heterocycles. The lowest BCUT2D eigenvalue weighted by Gasteiger charge is -2.57. The summed E-state index contributed by atoms with van der Waals surface area (Å²) in [6, 6.07) is 0. The van der Waals surface area contributed by atoms with Crippen LogP contribution < -0.4 is 0 Å². The number of esters is 1. The first-order valence-corrected chi connectivity index (χ1v) is 13.8. The van der Waals surface area contributed by atoms with E-state index in [1.165, 1.54) is 63.4 Å². The van der Waals surface area contributed by atoms with Crippen molar-refractivity contribution < 1.29 is 14.3 Å². The highest BCUT2D eigenvalue weighted by Crippen LogP contribution is 2.65. The number of hydrogen-bond donors (Lipinski definition) is 0. The lowest BCUT2D eigenvalue weighted by Crippen LogP contribution is -2.51. The van der Waals surface area contributed by atoms with Crippen molar-refractivity contribution >= 4 is 11.8 Å². The maximum absolute atomic E-state index is 12.6. The van der Waals surface area contributed by atoms with Gasteiger partial charge in [-0.25, -0.2) is 0 Å². The third-order valence-corrected chi connectivity index (χ3v) is 10.1. The molecule has 4 rings (SSSR count). The van der Waals surface area contributed by atoms with Crippen molar-refractivity contribution in [2.75, 3.05) is 0 Å². The second-order valence-corrected chi connectivity index (χ2v) is 11.9. The summed E-state index contributed by atoms with van der Waals surface area (Å²) in [4.78, 5) is 24.7. The lowest BCUT2D eigenvalue weighted by molar-refractivity contribution is -0.160. The van der Waals surface area contributed by atoms with Crippen molar-refractivity contribution in [1.29, 1.82) is 0 Å². The van der Waals surface area contributed by atoms with E-state index < -0.39 is 0 Å². The van der Waals surface area contributed by atoms with Gasteiger partial charge in [0.2, 0.25) is 0 Å². The highest BCUT2D eigenvalue weighted by atomic mass is 16.5. The zero-order valence-electron chi connectivity index (χ0n) is 20.9.